The van der Waals surface area contributed by atoms with E-state index in [1.165, 1.54) is 17.7 Å². The zero-order chi connectivity index (χ0) is 15.1. The fraction of sp³-hybridized carbons (Fsp3) is 0.222. The highest BCUT2D eigenvalue weighted by molar-refractivity contribution is 5.46. The first kappa shape index (κ1) is 15.1. The quantitative estimate of drug-likeness (QED) is 0.874. The Morgan fingerprint density at radius 1 is 1.10 bits per heavy atom. The maximum absolute atomic E-state index is 13.3. The van der Waals surface area contributed by atoms with E-state index in [1.54, 1.807) is 6.07 Å². The van der Waals surface area contributed by atoms with Gasteiger partial charge in [-0.2, -0.15) is 0 Å². The number of halogens is 1. The largest absolute Gasteiger partial charge is 0.487 e. The molecule has 0 aliphatic rings. The molecule has 0 amide bonds. The molecule has 0 heterocycles. The molecule has 3 heteroatoms. The minimum Gasteiger partial charge on any atom is -0.487 e. The topological polar surface area (TPSA) is 35.2 Å². The zero-order valence-electron chi connectivity index (χ0n) is 12.0. The Kier molecular flexibility index (Phi) is 5.36. The van der Waals surface area contributed by atoms with Crippen molar-refractivity contribution in [2.45, 2.75) is 20.0 Å². The van der Waals surface area contributed by atoms with E-state index in [4.69, 9.17) is 10.5 Å². The number of hydrogen-bond donors (Lipinski definition) is 1. The van der Waals surface area contributed by atoms with Crippen molar-refractivity contribution in [3.05, 3.63) is 65.0 Å². The molecule has 0 bridgehead atoms. The lowest BCUT2D eigenvalue weighted by atomic mass is 10.1. The van der Waals surface area contributed by atoms with Gasteiger partial charge in [0.1, 0.15) is 18.2 Å². The summed E-state index contributed by atoms with van der Waals surface area (Å²) in [5, 5.41) is 0. The summed E-state index contributed by atoms with van der Waals surface area (Å²) < 4.78 is 19.0. The highest BCUT2D eigenvalue weighted by Crippen LogP contribution is 2.20. The predicted molar refractivity (Wildman–Crippen MR) is 82.5 cm³/mol. The van der Waals surface area contributed by atoms with Crippen molar-refractivity contribution in [3.8, 4) is 17.6 Å². The molecule has 0 aromatic heterocycles. The smallest absolute Gasteiger partial charge is 0.138 e. The Morgan fingerprint density at radius 3 is 2.48 bits per heavy atom. The van der Waals surface area contributed by atoms with Gasteiger partial charge in [0.2, 0.25) is 0 Å². The van der Waals surface area contributed by atoms with Crippen LogP contribution in [-0.4, -0.2) is 6.54 Å². The fourth-order valence-electron chi connectivity index (χ4n) is 1.90. The van der Waals surface area contributed by atoms with E-state index >= 15 is 0 Å². The van der Waals surface area contributed by atoms with Crippen molar-refractivity contribution in [3.63, 3.8) is 0 Å². The minimum atomic E-state index is -0.343. The number of rotatable bonds is 4. The molecular formula is C18H18FNO. The molecule has 0 aliphatic heterocycles. The van der Waals surface area contributed by atoms with Gasteiger partial charge >= 0.3 is 0 Å². The van der Waals surface area contributed by atoms with Crippen LogP contribution in [-0.2, 0) is 13.0 Å². The third-order valence-electron chi connectivity index (χ3n) is 3.09. The van der Waals surface area contributed by atoms with Crippen LogP contribution < -0.4 is 10.5 Å². The summed E-state index contributed by atoms with van der Waals surface area (Å²) >= 11 is 0. The monoisotopic (exact) mass is 283 g/mol. The molecular weight excluding hydrogens is 265 g/mol. The second kappa shape index (κ2) is 7.47. The number of nitrogens with two attached hydrogens (primary N) is 1. The lowest BCUT2D eigenvalue weighted by molar-refractivity contribution is 0.303. The summed E-state index contributed by atoms with van der Waals surface area (Å²) in [5.41, 5.74) is 8.32. The Balaban J connectivity index is 2.12. The summed E-state index contributed by atoms with van der Waals surface area (Å²) in [6, 6.07) is 12.5. The van der Waals surface area contributed by atoms with Crippen molar-refractivity contribution in [2.75, 3.05) is 6.54 Å². The van der Waals surface area contributed by atoms with Crippen LogP contribution in [0.4, 0.5) is 4.39 Å². The molecule has 2 nitrogen and oxygen atoms in total. The van der Waals surface area contributed by atoms with Gasteiger partial charge in [-0.15, -0.1) is 0 Å². The summed E-state index contributed by atoms with van der Waals surface area (Å²) in [6.45, 7) is 2.75. The van der Waals surface area contributed by atoms with Gasteiger partial charge in [-0.25, -0.2) is 4.39 Å². The van der Waals surface area contributed by atoms with E-state index < -0.39 is 0 Å². The minimum absolute atomic E-state index is 0.259. The molecule has 0 saturated heterocycles. The molecule has 21 heavy (non-hydrogen) atoms. The molecule has 2 rings (SSSR count). The Bertz CT molecular complexity index is 653. The van der Waals surface area contributed by atoms with Crippen LogP contribution in [0.3, 0.4) is 0 Å². The lowest BCUT2D eigenvalue weighted by Gasteiger charge is -2.09. The molecule has 0 aliphatic carbocycles. The van der Waals surface area contributed by atoms with Crippen LogP contribution in [0.2, 0.25) is 0 Å². The highest BCUT2D eigenvalue weighted by Gasteiger charge is 2.04. The fourth-order valence-corrected chi connectivity index (χ4v) is 1.90. The van der Waals surface area contributed by atoms with Crippen LogP contribution in [0.5, 0.6) is 5.75 Å². The van der Waals surface area contributed by atoms with E-state index in [9.17, 15) is 4.39 Å². The normalized spacial score (nSPS) is 9.86. The van der Waals surface area contributed by atoms with Crippen LogP contribution >= 0.6 is 0 Å². The summed E-state index contributed by atoms with van der Waals surface area (Å²) in [6.07, 6.45) is 1.00. The second-order valence-corrected chi connectivity index (χ2v) is 4.61. The first-order chi connectivity index (χ1) is 10.2. The maximum atomic E-state index is 13.3. The predicted octanol–water partition coefficient (Wildman–Crippen LogP) is 3.28. The van der Waals surface area contributed by atoms with Gasteiger partial charge in [0, 0.05) is 6.07 Å². The summed E-state index contributed by atoms with van der Waals surface area (Å²) in [5.74, 6) is 5.74. The van der Waals surface area contributed by atoms with Crippen molar-refractivity contribution in [1.29, 1.82) is 0 Å². The van der Waals surface area contributed by atoms with Crippen molar-refractivity contribution >= 4 is 0 Å². The summed E-state index contributed by atoms with van der Waals surface area (Å²) in [4.78, 5) is 0. The third kappa shape index (κ3) is 4.34. The van der Waals surface area contributed by atoms with Gasteiger partial charge in [-0.3, -0.25) is 0 Å². The number of ether oxygens (including phenoxy) is 1. The Hall–Kier alpha value is -2.31. The lowest BCUT2D eigenvalue weighted by Crippen LogP contribution is -1.99. The van der Waals surface area contributed by atoms with E-state index in [0.717, 1.165) is 12.0 Å². The van der Waals surface area contributed by atoms with Gasteiger partial charge in [0.05, 0.1) is 12.1 Å². The van der Waals surface area contributed by atoms with Crippen molar-refractivity contribution in [1.82, 2.24) is 0 Å². The zero-order valence-corrected chi connectivity index (χ0v) is 12.0. The number of hydrogen-bond acceptors (Lipinski definition) is 2. The average Bonchev–Trinajstić information content (AvgIpc) is 2.52. The molecule has 2 aromatic carbocycles. The van der Waals surface area contributed by atoms with Crippen molar-refractivity contribution < 1.29 is 9.13 Å². The molecule has 2 aromatic rings. The van der Waals surface area contributed by atoms with Gasteiger partial charge in [0.15, 0.2) is 0 Å². The number of benzene rings is 2. The molecule has 0 unspecified atom stereocenters. The Morgan fingerprint density at radius 2 is 1.81 bits per heavy atom. The molecule has 0 saturated carbocycles. The van der Waals surface area contributed by atoms with Gasteiger partial charge in [-0.05, 0) is 29.7 Å². The van der Waals surface area contributed by atoms with Crippen LogP contribution in [0.15, 0.2) is 42.5 Å². The first-order valence-electron chi connectivity index (χ1n) is 6.92. The SMILES string of the molecule is CCc1ccc(COc2cc(F)ccc2C#CCN)cc1. The van der Waals surface area contributed by atoms with Gasteiger partial charge in [-0.1, -0.05) is 43.0 Å². The molecule has 0 fully saturated rings. The van der Waals surface area contributed by atoms with Gasteiger partial charge in [0.25, 0.3) is 0 Å². The van der Waals surface area contributed by atoms with E-state index in [2.05, 4.69) is 30.9 Å². The molecule has 108 valence electrons. The maximum Gasteiger partial charge on any atom is 0.138 e. The van der Waals surface area contributed by atoms with Crippen LogP contribution in [0.1, 0.15) is 23.6 Å². The molecule has 0 spiro atoms. The molecule has 0 atom stereocenters. The molecule has 0 radical (unpaired) electrons. The number of aryl methyl sites for hydroxylation is 1. The van der Waals surface area contributed by atoms with Crippen molar-refractivity contribution in [2.24, 2.45) is 5.73 Å². The third-order valence-corrected chi connectivity index (χ3v) is 3.09. The average molecular weight is 283 g/mol. The first-order valence-corrected chi connectivity index (χ1v) is 6.92. The second-order valence-electron chi connectivity index (χ2n) is 4.61. The Labute approximate surface area is 124 Å². The molecule has 2 N–H and O–H groups in total. The van der Waals surface area contributed by atoms with Crippen LogP contribution in [0.25, 0.3) is 0 Å². The highest BCUT2D eigenvalue weighted by atomic mass is 19.1. The standard InChI is InChI=1S/C18H18FNO/c1-2-14-5-7-15(8-6-14)13-21-18-12-17(19)10-9-16(18)4-3-11-20/h5-10,12H,2,11,13,20H2,1H3. The van der Waals surface area contributed by atoms with Gasteiger partial charge < -0.3 is 10.5 Å². The van der Waals surface area contributed by atoms with E-state index in [0.29, 0.717) is 17.9 Å². The van der Waals surface area contributed by atoms with E-state index in [1.807, 2.05) is 12.1 Å². The summed E-state index contributed by atoms with van der Waals surface area (Å²) in [7, 11) is 0. The van der Waals surface area contributed by atoms with Crippen LogP contribution in [0, 0.1) is 17.7 Å². The van der Waals surface area contributed by atoms with E-state index in [-0.39, 0.29) is 12.4 Å².